The number of ether oxygens (including phenoxy) is 2. The van der Waals surface area contributed by atoms with E-state index in [1.807, 2.05) is 18.2 Å². The predicted molar refractivity (Wildman–Crippen MR) is 151 cm³/mol. The highest BCUT2D eigenvalue weighted by atomic mass is 32.2. The molecule has 0 unspecified atom stereocenters. The molecule has 3 aromatic rings. The number of Topliss-reactive ketones (excluding diaryl/α,β-unsaturated/α-hetero) is 1. The second kappa shape index (κ2) is 10.6. The Kier molecular flexibility index (Phi) is 6.97. The largest absolute Gasteiger partial charge is 0.486 e. The summed E-state index contributed by atoms with van der Waals surface area (Å²) in [5.41, 5.74) is 4.59. The SMILES string of the molecule is CC(=O)OCC1=C(C(=O)O)N2C(=O)[C@@H](CC(=O)COc3ccc4c(c3)CCc3c-4[nH]c4cccc([N+](=O)[O-])c34)[C@H]2SC1. The standard InChI is InChI=1S/C29H25N3O9S/c1-14(33)40-11-16-13-42-28-21(27(35)31(28)26(16)29(36)37)10-17(34)12-41-18-6-8-19-15(9-18)5-7-20-24-22(30-25(19)20)3-2-4-23(24)32(38)39/h2-4,6,8-9,21,28,30H,5,7,10-13H2,1H3,(H,36,37)/t21-,28-/m1/s1. The number of esters is 1. The lowest BCUT2D eigenvalue weighted by molar-refractivity contribution is -0.383. The summed E-state index contributed by atoms with van der Waals surface area (Å²) in [5.74, 6) is -2.48. The van der Waals surface area contributed by atoms with Crippen LogP contribution in [0.2, 0.25) is 0 Å². The Morgan fingerprint density at radius 3 is 2.76 bits per heavy atom. The summed E-state index contributed by atoms with van der Waals surface area (Å²) >= 11 is 1.34. The third-order valence-electron chi connectivity index (χ3n) is 7.75. The van der Waals surface area contributed by atoms with Crippen LogP contribution in [0, 0.1) is 16.0 Å². The fourth-order valence-corrected chi connectivity index (χ4v) is 7.28. The first-order chi connectivity index (χ1) is 20.1. The van der Waals surface area contributed by atoms with Crippen molar-refractivity contribution in [3.8, 4) is 17.0 Å². The van der Waals surface area contributed by atoms with Crippen molar-refractivity contribution in [1.29, 1.82) is 0 Å². The number of nitro benzene ring substituents is 1. The van der Waals surface area contributed by atoms with E-state index in [2.05, 4.69) is 4.98 Å². The zero-order valence-corrected chi connectivity index (χ0v) is 23.2. The van der Waals surface area contributed by atoms with Gasteiger partial charge in [-0.15, -0.1) is 11.8 Å². The van der Waals surface area contributed by atoms with Crippen LogP contribution in [0.1, 0.15) is 24.5 Å². The summed E-state index contributed by atoms with van der Waals surface area (Å²) in [6.45, 7) is 0.765. The normalized spacial score (nSPS) is 19.0. The molecule has 6 rings (SSSR count). The molecule has 1 aromatic heterocycles. The van der Waals surface area contributed by atoms with Crippen LogP contribution in [-0.2, 0) is 36.8 Å². The smallest absolute Gasteiger partial charge is 0.352 e. The third-order valence-corrected chi connectivity index (χ3v) is 9.15. The number of benzene rings is 2. The van der Waals surface area contributed by atoms with E-state index in [-0.39, 0.29) is 47.5 Å². The molecule has 2 atom stereocenters. The number of β-lactam (4-membered cyclic amide) rings is 1. The Morgan fingerprint density at radius 1 is 1.21 bits per heavy atom. The lowest BCUT2D eigenvalue weighted by Crippen LogP contribution is -2.62. The lowest BCUT2D eigenvalue weighted by atomic mass is 9.88. The number of amides is 1. The number of fused-ring (bicyclic) bond motifs is 6. The van der Waals surface area contributed by atoms with Crippen molar-refractivity contribution in [2.75, 3.05) is 19.0 Å². The number of carbonyl (C=O) groups is 4. The lowest BCUT2D eigenvalue weighted by Gasteiger charge is -2.49. The average molecular weight is 592 g/mol. The first-order valence-electron chi connectivity index (χ1n) is 13.2. The molecule has 2 aliphatic heterocycles. The van der Waals surface area contributed by atoms with Gasteiger partial charge < -0.3 is 19.6 Å². The van der Waals surface area contributed by atoms with Crippen LogP contribution in [0.5, 0.6) is 5.75 Å². The maximum atomic E-state index is 12.9. The number of H-pyrrole nitrogens is 1. The molecule has 0 radical (unpaired) electrons. The van der Waals surface area contributed by atoms with E-state index in [4.69, 9.17) is 9.47 Å². The number of thioether (sulfide) groups is 1. The number of carboxylic acids is 1. The number of hydrogen-bond acceptors (Lipinski definition) is 9. The van der Waals surface area contributed by atoms with Gasteiger partial charge in [-0.05, 0) is 48.2 Å². The van der Waals surface area contributed by atoms with Crippen molar-refractivity contribution >= 4 is 52.0 Å². The van der Waals surface area contributed by atoms with Crippen LogP contribution in [0.3, 0.4) is 0 Å². The Hall–Kier alpha value is -4.65. The van der Waals surface area contributed by atoms with Gasteiger partial charge in [0.15, 0.2) is 5.78 Å². The van der Waals surface area contributed by atoms with Gasteiger partial charge >= 0.3 is 11.9 Å². The summed E-state index contributed by atoms with van der Waals surface area (Å²) in [6, 6.07) is 10.4. The van der Waals surface area contributed by atoms with Crippen LogP contribution >= 0.6 is 11.8 Å². The molecule has 1 fully saturated rings. The number of nitro groups is 1. The maximum absolute atomic E-state index is 12.9. The Balaban J connectivity index is 1.11. The summed E-state index contributed by atoms with van der Waals surface area (Å²) in [6.07, 6.45) is 1.18. The number of nitrogens with one attached hydrogen (secondary N) is 1. The number of hydrogen-bond donors (Lipinski definition) is 2. The topological polar surface area (TPSA) is 169 Å². The quantitative estimate of drug-likeness (QED) is 0.162. The molecule has 1 saturated heterocycles. The number of nitrogens with zero attached hydrogens (tertiary/aromatic N) is 2. The number of aromatic amines is 1. The Morgan fingerprint density at radius 2 is 2.02 bits per heavy atom. The second-order valence-electron chi connectivity index (χ2n) is 10.3. The first-order valence-corrected chi connectivity index (χ1v) is 14.3. The monoisotopic (exact) mass is 591 g/mol. The molecule has 0 bridgehead atoms. The fraction of sp³-hybridized carbons (Fsp3) is 0.310. The molecule has 1 amide bonds. The Labute approximate surface area is 242 Å². The summed E-state index contributed by atoms with van der Waals surface area (Å²) in [7, 11) is 0. The molecular formula is C29H25N3O9S. The van der Waals surface area contributed by atoms with Crippen molar-refractivity contribution < 1.29 is 38.7 Å². The molecule has 3 heterocycles. The molecule has 216 valence electrons. The van der Waals surface area contributed by atoms with E-state index in [1.165, 1.54) is 29.7 Å². The summed E-state index contributed by atoms with van der Waals surface area (Å²) in [4.78, 5) is 64.4. The van der Waals surface area contributed by atoms with E-state index in [9.17, 15) is 34.4 Å². The van der Waals surface area contributed by atoms with E-state index < -0.39 is 29.1 Å². The number of aliphatic carboxylic acids is 1. The van der Waals surface area contributed by atoms with Crippen molar-refractivity contribution in [2.24, 2.45) is 5.92 Å². The van der Waals surface area contributed by atoms with E-state index >= 15 is 0 Å². The van der Waals surface area contributed by atoms with Crippen molar-refractivity contribution in [1.82, 2.24) is 9.88 Å². The minimum atomic E-state index is -1.28. The first kappa shape index (κ1) is 27.5. The van der Waals surface area contributed by atoms with E-state index in [1.54, 1.807) is 12.1 Å². The van der Waals surface area contributed by atoms with Gasteiger partial charge in [-0.25, -0.2) is 4.79 Å². The highest BCUT2D eigenvalue weighted by Gasteiger charge is 2.53. The van der Waals surface area contributed by atoms with Crippen LogP contribution in [0.15, 0.2) is 47.7 Å². The van der Waals surface area contributed by atoms with Gasteiger partial charge in [0.05, 0.1) is 32.8 Å². The molecule has 2 aromatic carbocycles. The molecule has 0 saturated carbocycles. The summed E-state index contributed by atoms with van der Waals surface area (Å²) in [5, 5.41) is 21.4. The van der Waals surface area contributed by atoms with Gasteiger partial charge in [0.2, 0.25) is 5.91 Å². The zero-order valence-electron chi connectivity index (χ0n) is 22.4. The van der Waals surface area contributed by atoms with Crippen LogP contribution in [-0.4, -0.2) is 67.9 Å². The van der Waals surface area contributed by atoms with Gasteiger partial charge in [0, 0.05) is 36.3 Å². The van der Waals surface area contributed by atoms with Crippen LogP contribution < -0.4 is 4.74 Å². The van der Waals surface area contributed by atoms with E-state index in [0.717, 1.165) is 22.4 Å². The Bertz CT molecular complexity index is 1730. The van der Waals surface area contributed by atoms with Gasteiger partial charge in [-0.3, -0.25) is 29.4 Å². The number of carbonyl (C=O) groups excluding carboxylic acids is 3. The van der Waals surface area contributed by atoms with Crippen molar-refractivity contribution in [3.63, 3.8) is 0 Å². The number of aryl methyl sites for hydroxylation is 2. The highest BCUT2D eigenvalue weighted by Crippen LogP contribution is 2.45. The number of rotatable bonds is 9. The molecule has 13 heteroatoms. The van der Waals surface area contributed by atoms with Gasteiger partial charge in [-0.2, -0.15) is 0 Å². The minimum Gasteiger partial charge on any atom is -0.486 e. The molecule has 42 heavy (non-hydrogen) atoms. The molecule has 3 aliphatic rings. The van der Waals surface area contributed by atoms with Crippen LogP contribution in [0.4, 0.5) is 5.69 Å². The van der Waals surface area contributed by atoms with Crippen molar-refractivity contribution in [3.05, 3.63) is 68.9 Å². The van der Waals surface area contributed by atoms with Crippen LogP contribution in [0.25, 0.3) is 22.2 Å². The fourth-order valence-electron chi connectivity index (χ4n) is 5.88. The molecule has 1 aliphatic carbocycles. The average Bonchev–Trinajstić information content (AvgIpc) is 3.36. The molecule has 2 N–H and O–H groups in total. The third kappa shape index (κ3) is 4.69. The minimum absolute atomic E-state index is 0.0734. The number of carboxylic acid groups (broad SMARTS) is 1. The summed E-state index contributed by atoms with van der Waals surface area (Å²) < 4.78 is 10.7. The number of aromatic nitrogens is 1. The molecular weight excluding hydrogens is 566 g/mol. The second-order valence-corrected chi connectivity index (χ2v) is 11.4. The van der Waals surface area contributed by atoms with Gasteiger partial charge in [0.25, 0.3) is 5.69 Å². The number of ketones is 1. The zero-order chi connectivity index (χ0) is 29.7. The van der Waals surface area contributed by atoms with Gasteiger partial charge in [0.1, 0.15) is 24.7 Å². The van der Waals surface area contributed by atoms with Crippen molar-refractivity contribution in [2.45, 2.75) is 31.6 Å². The molecule has 0 spiro atoms. The maximum Gasteiger partial charge on any atom is 0.352 e. The van der Waals surface area contributed by atoms with E-state index in [0.29, 0.717) is 35.1 Å². The molecule has 12 nitrogen and oxygen atoms in total. The number of non-ortho nitro benzene ring substituents is 1. The van der Waals surface area contributed by atoms with Gasteiger partial charge in [-0.1, -0.05) is 6.07 Å². The highest BCUT2D eigenvalue weighted by molar-refractivity contribution is 8.00. The predicted octanol–water partition coefficient (Wildman–Crippen LogP) is 3.61.